The van der Waals surface area contributed by atoms with Gasteiger partial charge in [-0.1, -0.05) is 18.2 Å². The first-order chi connectivity index (χ1) is 11.3. The predicted molar refractivity (Wildman–Crippen MR) is 78.2 cm³/mol. The van der Waals surface area contributed by atoms with E-state index in [4.69, 9.17) is 4.74 Å². The fourth-order valence-corrected chi connectivity index (χ4v) is 2.43. The molecule has 0 radical (unpaired) electrons. The number of non-ortho nitro benzene ring substituents is 1. The van der Waals surface area contributed by atoms with Crippen molar-refractivity contribution in [2.75, 3.05) is 6.61 Å². The van der Waals surface area contributed by atoms with Gasteiger partial charge >= 0.3 is 5.97 Å². The van der Waals surface area contributed by atoms with E-state index >= 15 is 0 Å². The lowest BCUT2D eigenvalue weighted by atomic mass is 9.82. The van der Waals surface area contributed by atoms with Crippen molar-refractivity contribution >= 4 is 17.6 Å². The van der Waals surface area contributed by atoms with Crippen LogP contribution in [0.4, 0.5) is 14.5 Å². The molecule has 1 N–H and O–H groups in total. The Morgan fingerprint density at radius 3 is 2.50 bits per heavy atom. The minimum Gasteiger partial charge on any atom is -0.465 e. The van der Waals surface area contributed by atoms with Gasteiger partial charge in [0, 0.05) is 18.1 Å². The summed E-state index contributed by atoms with van der Waals surface area (Å²) in [7, 11) is 0. The molecular formula is C15H14F2N2O5. The maximum absolute atomic E-state index is 12.9. The Morgan fingerprint density at radius 2 is 2.00 bits per heavy atom. The maximum atomic E-state index is 12.9. The van der Waals surface area contributed by atoms with Crippen molar-refractivity contribution in [1.82, 2.24) is 5.32 Å². The number of amides is 1. The number of nitrogens with zero attached hydrogens (tertiary/aromatic N) is 1. The molecule has 1 heterocycles. The molecule has 9 heteroatoms. The van der Waals surface area contributed by atoms with Gasteiger partial charge < -0.3 is 10.1 Å². The first-order valence-electron chi connectivity index (χ1n) is 7.06. The Hall–Kier alpha value is -2.84. The Labute approximate surface area is 135 Å². The standard InChI is InChI=1S/C15H14F2N2O5/c1-2-24-15(21)12-10(7-11(13(16)17)18-14(12)20)8-3-5-9(6-4-8)19(22)23/h3-7,10,12-13H,2H2,1H3,(H,18,20)/t10-,12-/m0/s1. The molecule has 1 aromatic carbocycles. The number of hydrogen-bond donors (Lipinski definition) is 1. The number of hydrogen-bond acceptors (Lipinski definition) is 5. The van der Waals surface area contributed by atoms with Gasteiger partial charge in [-0.15, -0.1) is 0 Å². The van der Waals surface area contributed by atoms with Crippen LogP contribution in [0.15, 0.2) is 36.0 Å². The second kappa shape index (κ2) is 7.16. The van der Waals surface area contributed by atoms with Crippen LogP contribution >= 0.6 is 0 Å². The monoisotopic (exact) mass is 340 g/mol. The summed E-state index contributed by atoms with van der Waals surface area (Å²) in [5.41, 5.74) is -0.472. The molecule has 0 saturated carbocycles. The summed E-state index contributed by atoms with van der Waals surface area (Å²) in [6.45, 7) is 1.58. The van der Waals surface area contributed by atoms with Crippen LogP contribution in [-0.4, -0.2) is 29.8 Å². The molecule has 2 rings (SSSR count). The minimum absolute atomic E-state index is 0.0288. The van der Waals surface area contributed by atoms with Gasteiger partial charge in [-0.05, 0) is 12.5 Å². The van der Waals surface area contributed by atoms with Gasteiger partial charge in [0.1, 0.15) is 5.92 Å². The predicted octanol–water partition coefficient (Wildman–Crippen LogP) is 2.14. The topological polar surface area (TPSA) is 98.5 Å². The smallest absolute Gasteiger partial charge is 0.319 e. The van der Waals surface area contributed by atoms with Crippen LogP contribution < -0.4 is 5.32 Å². The summed E-state index contributed by atoms with van der Waals surface area (Å²) in [6, 6.07) is 5.01. The van der Waals surface area contributed by atoms with E-state index in [2.05, 4.69) is 0 Å². The minimum atomic E-state index is -2.92. The molecular weight excluding hydrogens is 326 g/mol. The summed E-state index contributed by atoms with van der Waals surface area (Å²) >= 11 is 0. The number of nitro groups is 1. The van der Waals surface area contributed by atoms with Crippen LogP contribution in [0, 0.1) is 16.0 Å². The average Bonchev–Trinajstić information content (AvgIpc) is 2.54. The van der Waals surface area contributed by atoms with E-state index < -0.39 is 40.8 Å². The molecule has 128 valence electrons. The van der Waals surface area contributed by atoms with Gasteiger partial charge in [0.2, 0.25) is 5.91 Å². The quantitative estimate of drug-likeness (QED) is 0.383. The number of halogens is 2. The lowest BCUT2D eigenvalue weighted by molar-refractivity contribution is -0.384. The fraction of sp³-hybridized carbons (Fsp3) is 0.333. The summed E-state index contributed by atoms with van der Waals surface area (Å²) in [5.74, 6) is -4.07. The summed E-state index contributed by atoms with van der Waals surface area (Å²) in [6.07, 6.45) is -1.84. The molecule has 0 unspecified atom stereocenters. The largest absolute Gasteiger partial charge is 0.465 e. The van der Waals surface area contributed by atoms with Crippen LogP contribution in [0.3, 0.4) is 0 Å². The van der Waals surface area contributed by atoms with Crippen molar-refractivity contribution in [1.29, 1.82) is 0 Å². The van der Waals surface area contributed by atoms with E-state index in [-0.39, 0.29) is 12.3 Å². The number of esters is 1. The number of alkyl halides is 2. The van der Waals surface area contributed by atoms with Crippen molar-refractivity contribution < 1.29 is 28.0 Å². The molecule has 0 spiro atoms. The van der Waals surface area contributed by atoms with Gasteiger partial charge in [-0.2, -0.15) is 0 Å². The first kappa shape index (κ1) is 17.5. The van der Waals surface area contributed by atoms with E-state index in [1.54, 1.807) is 6.92 Å². The van der Waals surface area contributed by atoms with Crippen LogP contribution in [0.2, 0.25) is 0 Å². The molecule has 1 amide bonds. The second-order valence-electron chi connectivity index (χ2n) is 5.02. The molecule has 2 atom stereocenters. The van der Waals surface area contributed by atoms with E-state index in [0.29, 0.717) is 5.56 Å². The lowest BCUT2D eigenvalue weighted by Crippen LogP contribution is -2.44. The van der Waals surface area contributed by atoms with Crippen LogP contribution in [0.25, 0.3) is 0 Å². The van der Waals surface area contributed by atoms with E-state index in [1.165, 1.54) is 24.3 Å². The molecule has 1 aromatic rings. The van der Waals surface area contributed by atoms with E-state index in [1.807, 2.05) is 5.32 Å². The Morgan fingerprint density at radius 1 is 1.38 bits per heavy atom. The SMILES string of the molecule is CCOC(=O)[C@@H]1C(=O)NC(C(F)F)=C[C@H]1c1ccc([N+](=O)[O-])cc1. The number of ether oxygens (including phenoxy) is 1. The summed E-state index contributed by atoms with van der Waals surface area (Å²) in [4.78, 5) is 34.2. The second-order valence-corrected chi connectivity index (χ2v) is 5.02. The number of allylic oxidation sites excluding steroid dienone is 2. The van der Waals surface area contributed by atoms with Crippen molar-refractivity contribution in [3.8, 4) is 0 Å². The molecule has 0 saturated heterocycles. The molecule has 0 bridgehead atoms. The normalized spacial score (nSPS) is 20.3. The summed E-state index contributed by atoms with van der Waals surface area (Å²) < 4.78 is 30.7. The molecule has 7 nitrogen and oxygen atoms in total. The zero-order valence-corrected chi connectivity index (χ0v) is 12.6. The third-order valence-electron chi connectivity index (χ3n) is 3.53. The van der Waals surface area contributed by atoms with Crippen LogP contribution in [0.1, 0.15) is 18.4 Å². The third-order valence-corrected chi connectivity index (χ3v) is 3.53. The Balaban J connectivity index is 2.45. The highest BCUT2D eigenvalue weighted by molar-refractivity contribution is 6.00. The average molecular weight is 340 g/mol. The van der Waals surface area contributed by atoms with Gasteiger partial charge in [-0.3, -0.25) is 19.7 Å². The lowest BCUT2D eigenvalue weighted by Gasteiger charge is -2.28. The van der Waals surface area contributed by atoms with Crippen molar-refractivity contribution in [2.24, 2.45) is 5.92 Å². The number of benzene rings is 1. The number of carbonyl (C=O) groups is 2. The van der Waals surface area contributed by atoms with Gasteiger partial charge in [0.05, 0.1) is 17.2 Å². The number of rotatable bonds is 5. The summed E-state index contributed by atoms with van der Waals surface area (Å²) in [5, 5.41) is 12.7. The number of carbonyl (C=O) groups excluding carboxylic acids is 2. The molecule has 0 aromatic heterocycles. The highest BCUT2D eigenvalue weighted by Crippen LogP contribution is 2.33. The zero-order chi connectivity index (χ0) is 17.9. The number of nitro benzene ring substituents is 1. The first-order valence-corrected chi connectivity index (χ1v) is 7.06. The molecule has 0 fully saturated rings. The van der Waals surface area contributed by atoms with Crippen LogP contribution in [-0.2, 0) is 14.3 Å². The zero-order valence-electron chi connectivity index (χ0n) is 12.6. The fourth-order valence-electron chi connectivity index (χ4n) is 2.43. The highest BCUT2D eigenvalue weighted by Gasteiger charge is 2.41. The molecule has 0 aliphatic carbocycles. The molecule has 24 heavy (non-hydrogen) atoms. The Kier molecular flexibility index (Phi) is 5.22. The van der Waals surface area contributed by atoms with Gasteiger partial charge in [0.25, 0.3) is 12.1 Å². The van der Waals surface area contributed by atoms with Gasteiger partial charge in [0.15, 0.2) is 0 Å². The van der Waals surface area contributed by atoms with Crippen molar-refractivity contribution in [3.63, 3.8) is 0 Å². The maximum Gasteiger partial charge on any atom is 0.319 e. The molecule has 1 aliphatic heterocycles. The van der Waals surface area contributed by atoms with E-state index in [0.717, 1.165) is 6.08 Å². The Bertz CT molecular complexity index is 688. The van der Waals surface area contributed by atoms with E-state index in [9.17, 15) is 28.5 Å². The highest BCUT2D eigenvalue weighted by atomic mass is 19.3. The van der Waals surface area contributed by atoms with Crippen LogP contribution in [0.5, 0.6) is 0 Å². The van der Waals surface area contributed by atoms with Crippen molar-refractivity contribution in [3.05, 3.63) is 51.7 Å². The molecule has 1 aliphatic rings. The number of nitrogens with one attached hydrogen (secondary N) is 1. The van der Waals surface area contributed by atoms with Gasteiger partial charge in [-0.25, -0.2) is 8.78 Å². The van der Waals surface area contributed by atoms with Crippen molar-refractivity contribution in [2.45, 2.75) is 19.3 Å². The third kappa shape index (κ3) is 3.55.